The number of tetrazole rings is 1. The molecule has 1 heterocycles. The molecule has 1 unspecified atom stereocenters. The third-order valence-electron chi connectivity index (χ3n) is 3.84. The molecule has 7 heteroatoms. The first kappa shape index (κ1) is 14.7. The number of rotatable bonds is 8. The first-order chi connectivity index (χ1) is 9.21. The number of nitrogens with one attached hydrogen (secondary N) is 1. The quantitative estimate of drug-likeness (QED) is 0.725. The van der Waals surface area contributed by atoms with Crippen molar-refractivity contribution in [3.8, 4) is 0 Å². The molecule has 0 aromatic carbocycles. The molecular formula is C12H23N5OS. The minimum Gasteiger partial charge on any atom is -0.383 e. The van der Waals surface area contributed by atoms with Crippen molar-refractivity contribution in [2.45, 2.75) is 43.5 Å². The Morgan fingerprint density at radius 3 is 2.89 bits per heavy atom. The van der Waals surface area contributed by atoms with E-state index in [2.05, 4.69) is 34.0 Å². The monoisotopic (exact) mass is 285 g/mol. The zero-order valence-electron chi connectivity index (χ0n) is 11.9. The third-order valence-corrected chi connectivity index (χ3v) is 5.24. The highest BCUT2D eigenvalue weighted by Crippen LogP contribution is 2.44. The molecule has 0 radical (unpaired) electrons. The van der Waals surface area contributed by atoms with Crippen molar-refractivity contribution in [1.82, 2.24) is 25.5 Å². The summed E-state index contributed by atoms with van der Waals surface area (Å²) in [4.78, 5) is 0. The first-order valence-corrected chi connectivity index (χ1v) is 7.97. The summed E-state index contributed by atoms with van der Waals surface area (Å²) in [5.41, 5.74) is 0. The van der Waals surface area contributed by atoms with Gasteiger partial charge in [-0.25, -0.2) is 4.68 Å². The van der Waals surface area contributed by atoms with E-state index in [-0.39, 0.29) is 6.04 Å². The first-order valence-electron chi connectivity index (χ1n) is 6.74. The standard InChI is InChI=1S/C12H23N5OS/c1-10(13-7-8-18-2)11-14-15-16-17(11)9-12(19-3)5-4-6-12/h10,13H,4-9H2,1-3H3. The van der Waals surface area contributed by atoms with E-state index >= 15 is 0 Å². The SMILES string of the molecule is COCCNC(C)c1nnnn1CC1(SC)CCC1. The van der Waals surface area contributed by atoms with Crippen LogP contribution in [0.2, 0.25) is 0 Å². The molecule has 0 saturated heterocycles. The average Bonchev–Trinajstić information content (AvgIpc) is 2.82. The number of ether oxygens (including phenoxy) is 1. The maximum atomic E-state index is 5.04. The molecule has 1 aliphatic carbocycles. The Morgan fingerprint density at radius 1 is 1.53 bits per heavy atom. The van der Waals surface area contributed by atoms with Crippen molar-refractivity contribution in [2.24, 2.45) is 0 Å². The summed E-state index contributed by atoms with van der Waals surface area (Å²) in [5.74, 6) is 0.913. The van der Waals surface area contributed by atoms with Crippen molar-refractivity contribution >= 4 is 11.8 Å². The van der Waals surface area contributed by atoms with Gasteiger partial charge in [0.25, 0.3) is 0 Å². The second-order valence-corrected chi connectivity index (χ2v) is 6.38. The van der Waals surface area contributed by atoms with Crippen LogP contribution >= 0.6 is 11.8 Å². The number of hydrogen-bond donors (Lipinski definition) is 1. The molecule has 19 heavy (non-hydrogen) atoms. The molecule has 1 N–H and O–H groups in total. The lowest BCUT2D eigenvalue weighted by Crippen LogP contribution is -2.39. The molecule has 0 amide bonds. The van der Waals surface area contributed by atoms with E-state index in [4.69, 9.17) is 4.74 Å². The molecule has 1 aromatic heterocycles. The van der Waals surface area contributed by atoms with Gasteiger partial charge in [-0.3, -0.25) is 0 Å². The smallest absolute Gasteiger partial charge is 0.167 e. The van der Waals surface area contributed by atoms with Crippen molar-refractivity contribution in [2.75, 3.05) is 26.5 Å². The summed E-state index contributed by atoms with van der Waals surface area (Å²) in [7, 11) is 1.70. The van der Waals surface area contributed by atoms with Gasteiger partial charge >= 0.3 is 0 Å². The molecular weight excluding hydrogens is 262 g/mol. The Hall–Kier alpha value is -0.660. The molecule has 1 atom stereocenters. The van der Waals surface area contributed by atoms with E-state index in [1.54, 1.807) is 7.11 Å². The number of methoxy groups -OCH3 is 1. The highest BCUT2D eigenvalue weighted by molar-refractivity contribution is 8.00. The fraction of sp³-hybridized carbons (Fsp3) is 0.917. The van der Waals surface area contributed by atoms with Crippen LogP contribution in [0.4, 0.5) is 0 Å². The van der Waals surface area contributed by atoms with Gasteiger partial charge < -0.3 is 10.1 Å². The second-order valence-electron chi connectivity index (χ2n) is 5.10. The van der Waals surface area contributed by atoms with Gasteiger partial charge in [0.15, 0.2) is 5.82 Å². The molecule has 1 aliphatic rings. The Bertz CT molecular complexity index is 388. The summed E-state index contributed by atoms with van der Waals surface area (Å²) in [6.45, 7) is 4.50. The van der Waals surface area contributed by atoms with Crippen LogP contribution in [0.3, 0.4) is 0 Å². The van der Waals surface area contributed by atoms with Gasteiger partial charge in [0.2, 0.25) is 0 Å². The van der Waals surface area contributed by atoms with Crippen molar-refractivity contribution in [3.05, 3.63) is 5.82 Å². The van der Waals surface area contributed by atoms with Crippen LogP contribution in [0.15, 0.2) is 0 Å². The van der Waals surface area contributed by atoms with Crippen molar-refractivity contribution in [3.63, 3.8) is 0 Å². The molecule has 2 rings (SSSR count). The van der Waals surface area contributed by atoms with E-state index in [1.165, 1.54) is 19.3 Å². The van der Waals surface area contributed by atoms with Crippen molar-refractivity contribution < 1.29 is 4.74 Å². The van der Waals surface area contributed by atoms with Gasteiger partial charge in [-0.1, -0.05) is 6.42 Å². The van der Waals surface area contributed by atoms with E-state index in [9.17, 15) is 0 Å². The minimum atomic E-state index is 0.143. The zero-order chi connectivity index (χ0) is 13.7. The normalized spacial score (nSPS) is 19.1. The predicted molar refractivity (Wildman–Crippen MR) is 76.2 cm³/mol. The summed E-state index contributed by atoms with van der Waals surface area (Å²) < 4.78 is 7.34. The lowest BCUT2D eigenvalue weighted by atomic mass is 9.84. The predicted octanol–water partition coefficient (Wildman–Crippen LogP) is 1.26. The molecule has 6 nitrogen and oxygen atoms in total. The fourth-order valence-electron chi connectivity index (χ4n) is 2.37. The molecule has 108 valence electrons. The number of aromatic nitrogens is 4. The summed E-state index contributed by atoms with van der Waals surface area (Å²) in [5, 5.41) is 15.5. The van der Waals surface area contributed by atoms with Crippen LogP contribution in [0.1, 0.15) is 38.1 Å². The van der Waals surface area contributed by atoms with Crippen LogP contribution < -0.4 is 5.32 Å². The van der Waals surface area contributed by atoms with E-state index in [1.807, 2.05) is 16.4 Å². The number of thioether (sulfide) groups is 1. The van der Waals surface area contributed by atoms with E-state index in [0.29, 0.717) is 11.4 Å². The Morgan fingerprint density at radius 2 is 2.32 bits per heavy atom. The third kappa shape index (κ3) is 3.46. The van der Waals surface area contributed by atoms with Crippen LogP contribution in [0.25, 0.3) is 0 Å². The van der Waals surface area contributed by atoms with E-state index < -0.39 is 0 Å². The molecule has 1 fully saturated rings. The van der Waals surface area contributed by atoms with Gasteiger partial charge in [0.05, 0.1) is 19.2 Å². The summed E-state index contributed by atoms with van der Waals surface area (Å²) in [6.07, 6.45) is 6.03. The van der Waals surface area contributed by atoms with Gasteiger partial charge in [-0.15, -0.1) is 5.10 Å². The summed E-state index contributed by atoms with van der Waals surface area (Å²) in [6, 6.07) is 0.143. The minimum absolute atomic E-state index is 0.143. The zero-order valence-corrected chi connectivity index (χ0v) is 12.7. The number of nitrogens with zero attached hydrogens (tertiary/aromatic N) is 4. The maximum absolute atomic E-state index is 5.04. The Labute approximate surface area is 118 Å². The van der Waals surface area contributed by atoms with Gasteiger partial charge in [-0.05, 0) is 36.4 Å². The lowest BCUT2D eigenvalue weighted by molar-refractivity contribution is 0.195. The second kappa shape index (κ2) is 6.67. The largest absolute Gasteiger partial charge is 0.383 e. The lowest BCUT2D eigenvalue weighted by Gasteiger charge is -2.40. The molecule has 0 spiro atoms. The van der Waals surface area contributed by atoms with Crippen LogP contribution in [-0.4, -0.2) is 51.5 Å². The molecule has 1 aromatic rings. The van der Waals surface area contributed by atoms with E-state index in [0.717, 1.165) is 18.9 Å². The van der Waals surface area contributed by atoms with Crippen LogP contribution in [-0.2, 0) is 11.3 Å². The van der Waals surface area contributed by atoms with Gasteiger partial charge in [-0.2, -0.15) is 11.8 Å². The Balaban J connectivity index is 1.96. The van der Waals surface area contributed by atoms with Crippen molar-refractivity contribution in [1.29, 1.82) is 0 Å². The molecule has 1 saturated carbocycles. The highest BCUT2D eigenvalue weighted by atomic mass is 32.2. The van der Waals surface area contributed by atoms with Gasteiger partial charge in [0, 0.05) is 18.4 Å². The topological polar surface area (TPSA) is 64.9 Å². The summed E-state index contributed by atoms with van der Waals surface area (Å²) >= 11 is 1.94. The van der Waals surface area contributed by atoms with Crippen LogP contribution in [0, 0.1) is 0 Å². The highest BCUT2D eigenvalue weighted by Gasteiger charge is 2.37. The van der Waals surface area contributed by atoms with Crippen LogP contribution in [0.5, 0.6) is 0 Å². The van der Waals surface area contributed by atoms with Gasteiger partial charge in [0.1, 0.15) is 0 Å². The maximum Gasteiger partial charge on any atom is 0.167 e. The number of hydrogen-bond acceptors (Lipinski definition) is 6. The fourth-order valence-corrected chi connectivity index (χ4v) is 3.32. The molecule has 0 aliphatic heterocycles. The Kier molecular flexibility index (Phi) is 5.18. The molecule has 0 bridgehead atoms. The average molecular weight is 285 g/mol.